The smallest absolute Gasteiger partial charge is 0.110 e. The number of thioether (sulfide) groups is 2. The molecule has 6 unspecified atom stereocenters. The van der Waals surface area contributed by atoms with Gasteiger partial charge in [-0.1, -0.05) is 0 Å². The molecule has 0 radical (unpaired) electrons. The Morgan fingerprint density at radius 2 is 1.17 bits per heavy atom. The summed E-state index contributed by atoms with van der Waals surface area (Å²) in [5, 5.41) is 48.3. The van der Waals surface area contributed by atoms with E-state index in [0.29, 0.717) is 0 Å². The van der Waals surface area contributed by atoms with Crippen LogP contribution in [0.3, 0.4) is 0 Å². The molecule has 0 rings (SSSR count). The van der Waals surface area contributed by atoms with Crippen molar-refractivity contribution in [2.45, 2.75) is 48.1 Å². The van der Waals surface area contributed by atoms with Crippen LogP contribution in [0.5, 0.6) is 0 Å². The highest BCUT2D eigenvalue weighted by molar-refractivity contribution is 8.16. The molecule has 0 saturated carbocycles. The summed E-state index contributed by atoms with van der Waals surface area (Å²) < 4.78 is -0.329. The predicted molar refractivity (Wildman–Crippen MR) is 74.5 cm³/mol. The molecular formula is C10H23NO5S2. The molecule has 0 bridgehead atoms. The summed E-state index contributed by atoms with van der Waals surface area (Å²) in [5.41, 5.74) is 5.48. The zero-order valence-electron chi connectivity index (χ0n) is 10.7. The van der Waals surface area contributed by atoms with Crippen molar-refractivity contribution < 1.29 is 25.5 Å². The maximum absolute atomic E-state index is 9.85. The topological polar surface area (TPSA) is 127 Å². The van der Waals surface area contributed by atoms with Gasteiger partial charge in [-0.05, 0) is 19.4 Å². The second kappa shape index (κ2) is 8.60. The van der Waals surface area contributed by atoms with Crippen molar-refractivity contribution in [1.29, 1.82) is 0 Å². The monoisotopic (exact) mass is 301 g/mol. The van der Waals surface area contributed by atoms with Crippen LogP contribution in [0.2, 0.25) is 0 Å². The Hall–Kier alpha value is 0.460. The van der Waals surface area contributed by atoms with Gasteiger partial charge in [0.1, 0.15) is 24.4 Å². The third-order valence-electron chi connectivity index (χ3n) is 2.74. The first-order chi connectivity index (χ1) is 8.27. The number of aliphatic hydroxyl groups is 5. The van der Waals surface area contributed by atoms with Crippen LogP contribution in [-0.2, 0) is 0 Å². The van der Waals surface area contributed by atoms with Crippen molar-refractivity contribution >= 4 is 23.5 Å². The molecule has 0 aromatic heterocycles. The first-order valence-electron chi connectivity index (χ1n) is 5.49. The Bertz CT molecular complexity index is 218. The highest BCUT2D eigenvalue weighted by Gasteiger charge is 2.37. The molecule has 8 heteroatoms. The van der Waals surface area contributed by atoms with E-state index >= 15 is 0 Å². The fourth-order valence-corrected chi connectivity index (χ4v) is 3.10. The predicted octanol–water partition coefficient (Wildman–Crippen LogP) is -1.81. The maximum Gasteiger partial charge on any atom is 0.110 e. The molecule has 0 spiro atoms. The maximum atomic E-state index is 9.85. The van der Waals surface area contributed by atoms with Gasteiger partial charge in [-0.3, -0.25) is 0 Å². The average Bonchev–Trinajstić information content (AvgIpc) is 2.36. The minimum Gasteiger partial charge on any atom is -0.392 e. The minimum absolute atomic E-state index is 0.329. The van der Waals surface area contributed by atoms with E-state index in [4.69, 9.17) is 5.73 Å². The summed E-state index contributed by atoms with van der Waals surface area (Å²) in [5.74, 6) is 0. The molecule has 0 amide bonds. The van der Waals surface area contributed by atoms with E-state index in [0.717, 1.165) is 0 Å². The third kappa shape index (κ3) is 4.86. The van der Waals surface area contributed by atoms with Gasteiger partial charge in [-0.15, -0.1) is 23.5 Å². The van der Waals surface area contributed by atoms with Crippen LogP contribution in [0.25, 0.3) is 0 Å². The number of rotatable bonds is 8. The normalized spacial score (nSPS) is 22.3. The quantitative estimate of drug-likeness (QED) is 0.290. The van der Waals surface area contributed by atoms with Crippen molar-refractivity contribution in [3.8, 4) is 0 Å². The molecule has 18 heavy (non-hydrogen) atoms. The summed E-state index contributed by atoms with van der Waals surface area (Å²) in [4.78, 5) is 0. The van der Waals surface area contributed by atoms with Crippen LogP contribution < -0.4 is 5.73 Å². The molecule has 0 aromatic rings. The molecule has 0 aliphatic rings. The van der Waals surface area contributed by atoms with Gasteiger partial charge < -0.3 is 31.3 Å². The van der Waals surface area contributed by atoms with Crippen LogP contribution in [0.15, 0.2) is 0 Å². The number of hydrogen-bond donors (Lipinski definition) is 6. The van der Waals surface area contributed by atoms with Gasteiger partial charge in [-0.25, -0.2) is 0 Å². The van der Waals surface area contributed by atoms with Crippen LogP contribution in [-0.4, -0.2) is 79.2 Å². The Balaban J connectivity index is 4.62. The molecular weight excluding hydrogens is 278 g/mol. The number of aliphatic hydroxyl groups excluding tert-OH is 5. The van der Waals surface area contributed by atoms with E-state index in [1.807, 2.05) is 0 Å². The van der Waals surface area contributed by atoms with Gasteiger partial charge in [0, 0.05) is 0 Å². The lowest BCUT2D eigenvalue weighted by atomic mass is 9.96. The molecule has 0 aromatic carbocycles. The lowest BCUT2D eigenvalue weighted by Crippen LogP contribution is -2.56. The van der Waals surface area contributed by atoms with Crippen molar-refractivity contribution in [3.63, 3.8) is 0 Å². The van der Waals surface area contributed by atoms with Crippen molar-refractivity contribution in [1.82, 2.24) is 0 Å². The number of hydrogen-bond acceptors (Lipinski definition) is 8. The molecule has 0 heterocycles. The lowest BCUT2D eigenvalue weighted by Gasteiger charge is -2.32. The summed E-state index contributed by atoms with van der Waals surface area (Å²) in [6.45, 7) is 1.37. The standard InChI is InChI=1S/C10H23NO5S2/c1-4(12)5(11)6(13)7(14)8(15)9(16)10(17-2)18-3/h4-10,12-16H,11H2,1-3H3. The van der Waals surface area contributed by atoms with E-state index in [-0.39, 0.29) is 4.58 Å². The molecule has 0 aliphatic carbocycles. The largest absolute Gasteiger partial charge is 0.392 e. The van der Waals surface area contributed by atoms with Crippen molar-refractivity contribution in [3.05, 3.63) is 0 Å². The highest BCUT2D eigenvalue weighted by Crippen LogP contribution is 2.26. The first-order valence-corrected chi connectivity index (χ1v) is 8.07. The van der Waals surface area contributed by atoms with Gasteiger partial charge in [-0.2, -0.15) is 0 Å². The Morgan fingerprint density at radius 3 is 1.50 bits per heavy atom. The number of nitrogens with two attached hydrogens (primary N) is 1. The highest BCUT2D eigenvalue weighted by atomic mass is 32.2. The Kier molecular flexibility index (Phi) is 8.81. The molecule has 7 N–H and O–H groups in total. The zero-order chi connectivity index (χ0) is 14.5. The molecule has 6 nitrogen and oxygen atoms in total. The van der Waals surface area contributed by atoms with E-state index in [1.165, 1.54) is 30.4 Å². The summed E-state index contributed by atoms with van der Waals surface area (Å²) in [6.07, 6.45) is -3.38. The van der Waals surface area contributed by atoms with Gasteiger partial charge >= 0.3 is 0 Å². The molecule has 110 valence electrons. The molecule has 0 aliphatic heterocycles. The fourth-order valence-electron chi connectivity index (χ4n) is 1.45. The van der Waals surface area contributed by atoms with E-state index in [9.17, 15) is 25.5 Å². The third-order valence-corrected chi connectivity index (χ3v) is 5.39. The van der Waals surface area contributed by atoms with E-state index < -0.39 is 36.6 Å². The first kappa shape index (κ1) is 18.5. The van der Waals surface area contributed by atoms with Crippen LogP contribution >= 0.6 is 23.5 Å². The Labute approximate surface area is 116 Å². The van der Waals surface area contributed by atoms with E-state index in [2.05, 4.69) is 0 Å². The second-order valence-electron chi connectivity index (χ2n) is 4.12. The zero-order valence-corrected chi connectivity index (χ0v) is 12.3. The lowest BCUT2D eigenvalue weighted by molar-refractivity contribution is -0.114. The van der Waals surface area contributed by atoms with Gasteiger partial charge in [0.2, 0.25) is 0 Å². The SMILES string of the molecule is CSC(SC)C(O)C(O)C(O)C(O)C(N)C(C)O. The average molecular weight is 301 g/mol. The molecule has 0 saturated heterocycles. The van der Waals surface area contributed by atoms with Crippen LogP contribution in [0, 0.1) is 0 Å². The molecule has 6 atom stereocenters. The second-order valence-corrected chi connectivity index (χ2v) is 6.38. The van der Waals surface area contributed by atoms with Crippen LogP contribution in [0.4, 0.5) is 0 Å². The summed E-state index contributed by atoms with van der Waals surface area (Å²) in [6, 6.07) is -1.09. The van der Waals surface area contributed by atoms with Crippen molar-refractivity contribution in [2.24, 2.45) is 5.73 Å². The fraction of sp³-hybridized carbons (Fsp3) is 1.00. The molecule has 0 fully saturated rings. The minimum atomic E-state index is -1.62. The summed E-state index contributed by atoms with van der Waals surface area (Å²) in [7, 11) is 0. The van der Waals surface area contributed by atoms with E-state index in [1.54, 1.807) is 12.5 Å². The van der Waals surface area contributed by atoms with Gasteiger partial charge in [0.15, 0.2) is 0 Å². The van der Waals surface area contributed by atoms with Gasteiger partial charge in [0.05, 0.1) is 16.7 Å². The van der Waals surface area contributed by atoms with Gasteiger partial charge in [0.25, 0.3) is 0 Å². The van der Waals surface area contributed by atoms with Crippen LogP contribution in [0.1, 0.15) is 6.92 Å². The summed E-state index contributed by atoms with van der Waals surface area (Å²) >= 11 is 2.66. The van der Waals surface area contributed by atoms with Crippen molar-refractivity contribution in [2.75, 3.05) is 12.5 Å². The Morgan fingerprint density at radius 1 is 0.778 bits per heavy atom.